The number of ether oxygens (including phenoxy) is 1. The van der Waals surface area contributed by atoms with Gasteiger partial charge < -0.3 is 15.4 Å². The first-order valence-electron chi connectivity index (χ1n) is 7.67. The molecule has 1 fully saturated rings. The third-order valence-corrected chi connectivity index (χ3v) is 4.71. The maximum absolute atomic E-state index is 12.6. The molecular weight excluding hydrogens is 330 g/mol. The molecule has 1 unspecified atom stereocenters. The fourth-order valence-corrected chi connectivity index (χ4v) is 3.29. The van der Waals surface area contributed by atoms with Crippen LogP contribution in [0.1, 0.15) is 57.5 Å². The van der Waals surface area contributed by atoms with E-state index >= 15 is 0 Å². The lowest BCUT2D eigenvalue weighted by Crippen LogP contribution is -2.42. The van der Waals surface area contributed by atoms with Gasteiger partial charge in [0.05, 0.1) is 23.6 Å². The molecule has 0 spiro atoms. The van der Waals surface area contributed by atoms with E-state index in [1.165, 1.54) is 17.4 Å². The van der Waals surface area contributed by atoms with E-state index in [4.69, 9.17) is 10.5 Å². The number of nitrogens with one attached hydrogen (secondary N) is 1. The molecule has 24 heavy (non-hydrogen) atoms. The summed E-state index contributed by atoms with van der Waals surface area (Å²) in [5.41, 5.74) is 5.59. The quantitative estimate of drug-likeness (QED) is 0.863. The van der Waals surface area contributed by atoms with Crippen molar-refractivity contribution in [3.8, 4) is 0 Å². The van der Waals surface area contributed by atoms with Crippen LogP contribution in [0.25, 0.3) is 0 Å². The molecule has 1 saturated heterocycles. The Kier molecular flexibility index (Phi) is 4.63. The zero-order chi connectivity index (χ0) is 17.3. The Morgan fingerprint density at radius 2 is 2.29 bits per heavy atom. The number of hydrogen-bond acceptors (Lipinski definition) is 6. The van der Waals surface area contributed by atoms with Crippen LogP contribution in [0.2, 0.25) is 0 Å². The van der Waals surface area contributed by atoms with E-state index in [0.717, 1.165) is 5.82 Å². The zero-order valence-corrected chi connectivity index (χ0v) is 14.3. The summed E-state index contributed by atoms with van der Waals surface area (Å²) in [4.78, 5) is 30.4. The van der Waals surface area contributed by atoms with Gasteiger partial charge in [0.2, 0.25) is 5.91 Å². The number of H-pyrrole nitrogens is 1. The van der Waals surface area contributed by atoms with E-state index in [1.54, 1.807) is 10.3 Å². The summed E-state index contributed by atoms with van der Waals surface area (Å²) in [7, 11) is 0. The molecule has 2 aromatic heterocycles. The van der Waals surface area contributed by atoms with Crippen LogP contribution in [-0.4, -0.2) is 51.6 Å². The lowest BCUT2D eigenvalue weighted by molar-refractivity contribution is -0.0265. The van der Waals surface area contributed by atoms with Crippen molar-refractivity contribution in [2.75, 3.05) is 19.7 Å². The van der Waals surface area contributed by atoms with Gasteiger partial charge in [-0.25, -0.2) is 4.98 Å². The molecule has 0 aliphatic carbocycles. The van der Waals surface area contributed by atoms with Crippen LogP contribution in [0.3, 0.4) is 0 Å². The Morgan fingerprint density at radius 3 is 2.92 bits per heavy atom. The largest absolute Gasteiger partial charge is 0.367 e. The zero-order valence-electron chi connectivity index (χ0n) is 13.5. The van der Waals surface area contributed by atoms with E-state index in [1.807, 2.05) is 13.8 Å². The number of carbonyl (C=O) groups excluding carboxylic acids is 2. The number of hydrogen-bond donors (Lipinski definition) is 2. The fourth-order valence-electron chi connectivity index (χ4n) is 2.42. The van der Waals surface area contributed by atoms with Gasteiger partial charge in [-0.1, -0.05) is 13.8 Å². The fraction of sp³-hybridized carbons (Fsp3) is 0.467. The number of carbonyl (C=O) groups is 2. The Balaban J connectivity index is 1.72. The Labute approximate surface area is 143 Å². The van der Waals surface area contributed by atoms with Crippen molar-refractivity contribution in [2.45, 2.75) is 25.9 Å². The summed E-state index contributed by atoms with van der Waals surface area (Å²) in [5.74, 6) is 0.897. The van der Waals surface area contributed by atoms with E-state index in [9.17, 15) is 9.59 Å². The second-order valence-corrected chi connectivity index (χ2v) is 6.82. The van der Waals surface area contributed by atoms with Crippen molar-refractivity contribution in [3.63, 3.8) is 0 Å². The highest BCUT2D eigenvalue weighted by Gasteiger charge is 2.29. The number of amides is 2. The highest BCUT2D eigenvalue weighted by atomic mass is 32.1. The van der Waals surface area contributed by atoms with Gasteiger partial charge in [0.1, 0.15) is 6.10 Å². The molecule has 3 rings (SSSR count). The van der Waals surface area contributed by atoms with Crippen LogP contribution < -0.4 is 5.73 Å². The smallest absolute Gasteiger partial charge is 0.264 e. The first-order valence-corrected chi connectivity index (χ1v) is 8.55. The molecule has 0 radical (unpaired) electrons. The molecule has 3 heterocycles. The Bertz CT molecular complexity index is 754. The predicted octanol–water partition coefficient (Wildman–Crippen LogP) is 1.30. The van der Waals surface area contributed by atoms with Crippen LogP contribution >= 0.6 is 11.3 Å². The summed E-state index contributed by atoms with van der Waals surface area (Å²) in [6.07, 6.45) is -0.335. The number of nitrogens with zero attached hydrogens (tertiary/aromatic N) is 3. The van der Waals surface area contributed by atoms with E-state index in [-0.39, 0.29) is 17.9 Å². The van der Waals surface area contributed by atoms with Crippen molar-refractivity contribution in [1.29, 1.82) is 0 Å². The minimum absolute atomic E-state index is 0.135. The summed E-state index contributed by atoms with van der Waals surface area (Å²) in [5, 5.41) is 8.66. The van der Waals surface area contributed by atoms with E-state index in [2.05, 4.69) is 15.2 Å². The van der Waals surface area contributed by atoms with Gasteiger partial charge in [-0.3, -0.25) is 14.7 Å². The number of nitrogens with two attached hydrogens (primary N) is 1. The van der Waals surface area contributed by atoms with Crippen LogP contribution in [0.4, 0.5) is 0 Å². The minimum atomic E-state index is -0.534. The van der Waals surface area contributed by atoms with E-state index in [0.29, 0.717) is 36.0 Å². The van der Waals surface area contributed by atoms with Crippen LogP contribution in [0, 0.1) is 0 Å². The van der Waals surface area contributed by atoms with Gasteiger partial charge in [-0.05, 0) is 6.07 Å². The molecule has 1 aliphatic rings. The van der Waals surface area contributed by atoms with Gasteiger partial charge in [0.15, 0.2) is 11.6 Å². The molecule has 8 nitrogen and oxygen atoms in total. The van der Waals surface area contributed by atoms with Crippen molar-refractivity contribution < 1.29 is 14.3 Å². The number of morpholine rings is 1. The van der Waals surface area contributed by atoms with Crippen molar-refractivity contribution in [3.05, 3.63) is 33.5 Å². The maximum Gasteiger partial charge on any atom is 0.264 e. The number of rotatable bonds is 4. The molecule has 1 aliphatic heterocycles. The number of aromatic nitrogens is 3. The molecule has 9 heteroatoms. The SMILES string of the molecule is CC(C)c1n[nH]c(C2CN(C(=O)c3cc(C(N)=O)cs3)CCO2)n1. The Hall–Kier alpha value is -2.26. The second kappa shape index (κ2) is 6.70. The van der Waals surface area contributed by atoms with Gasteiger partial charge >= 0.3 is 0 Å². The molecule has 0 saturated carbocycles. The average molecular weight is 349 g/mol. The number of aromatic amines is 1. The Morgan fingerprint density at radius 1 is 1.50 bits per heavy atom. The van der Waals surface area contributed by atoms with Gasteiger partial charge in [-0.15, -0.1) is 11.3 Å². The lowest BCUT2D eigenvalue weighted by Gasteiger charge is -2.31. The summed E-state index contributed by atoms with van der Waals surface area (Å²) in [6.45, 7) is 5.32. The highest BCUT2D eigenvalue weighted by Crippen LogP contribution is 2.23. The topological polar surface area (TPSA) is 114 Å². The first kappa shape index (κ1) is 16.6. The molecule has 0 bridgehead atoms. The van der Waals surface area contributed by atoms with Crippen LogP contribution in [0.5, 0.6) is 0 Å². The molecule has 2 aromatic rings. The van der Waals surface area contributed by atoms with Gasteiger partial charge in [0.25, 0.3) is 5.91 Å². The van der Waals surface area contributed by atoms with Crippen molar-refractivity contribution in [1.82, 2.24) is 20.1 Å². The lowest BCUT2D eigenvalue weighted by atomic mass is 10.2. The summed E-state index contributed by atoms with van der Waals surface area (Å²) < 4.78 is 5.72. The van der Waals surface area contributed by atoms with Crippen molar-refractivity contribution >= 4 is 23.2 Å². The van der Waals surface area contributed by atoms with Crippen molar-refractivity contribution in [2.24, 2.45) is 5.73 Å². The summed E-state index contributed by atoms with van der Waals surface area (Å²) >= 11 is 1.22. The summed E-state index contributed by atoms with van der Waals surface area (Å²) in [6, 6.07) is 1.53. The standard InChI is InChI=1S/C15H19N5O3S/c1-8(2)13-17-14(19-18-13)10-6-20(3-4-23-10)15(22)11-5-9(7-24-11)12(16)21/h5,7-8,10H,3-4,6H2,1-2H3,(H2,16,21)(H,17,18,19). The maximum atomic E-state index is 12.6. The predicted molar refractivity (Wildman–Crippen MR) is 87.9 cm³/mol. The molecular formula is C15H19N5O3S. The molecule has 3 N–H and O–H groups in total. The third-order valence-electron chi connectivity index (χ3n) is 3.79. The average Bonchev–Trinajstić information content (AvgIpc) is 3.24. The molecule has 1 atom stereocenters. The van der Waals surface area contributed by atoms with Gasteiger partial charge in [-0.2, -0.15) is 5.10 Å². The highest BCUT2D eigenvalue weighted by molar-refractivity contribution is 7.12. The van der Waals surface area contributed by atoms with Crippen LogP contribution in [0.15, 0.2) is 11.4 Å². The molecule has 128 valence electrons. The number of thiophene rings is 1. The molecule has 0 aromatic carbocycles. The number of primary amides is 1. The monoisotopic (exact) mass is 349 g/mol. The molecule has 2 amide bonds. The normalized spacial score (nSPS) is 18.1. The van der Waals surface area contributed by atoms with E-state index < -0.39 is 5.91 Å². The first-order chi connectivity index (χ1) is 11.5. The second-order valence-electron chi connectivity index (χ2n) is 5.91. The minimum Gasteiger partial charge on any atom is -0.367 e. The van der Waals surface area contributed by atoms with Crippen LogP contribution in [-0.2, 0) is 4.74 Å². The van der Waals surface area contributed by atoms with Gasteiger partial charge in [0, 0.05) is 17.8 Å². The third kappa shape index (κ3) is 3.31.